The van der Waals surface area contributed by atoms with Crippen molar-refractivity contribution in [2.24, 2.45) is 0 Å². The Kier molecular flexibility index (Phi) is 4.91. The van der Waals surface area contributed by atoms with Gasteiger partial charge in [-0.25, -0.2) is 4.79 Å². The van der Waals surface area contributed by atoms with Crippen LogP contribution in [0.25, 0.3) is 0 Å². The van der Waals surface area contributed by atoms with Crippen LogP contribution in [-0.2, 0) is 4.74 Å². The van der Waals surface area contributed by atoms with Gasteiger partial charge in [-0.1, -0.05) is 6.07 Å². The lowest BCUT2D eigenvalue weighted by Crippen LogP contribution is -2.44. The summed E-state index contributed by atoms with van der Waals surface area (Å²) < 4.78 is 16.3. The van der Waals surface area contributed by atoms with Crippen LogP contribution in [0.3, 0.4) is 0 Å². The maximum Gasteiger partial charge on any atom is 0.318 e. The standard InChI is InChI=1S/C17H24N2O4/c1-12(11-21-2)18-17(20)19-7-3-4-14(19)13-5-6-15-16(10-13)23-9-8-22-15/h5-6,10,12,14H,3-4,7-9,11H2,1-2H3,(H,18,20)/t12-,14+/m1/s1. The van der Waals surface area contributed by atoms with Gasteiger partial charge in [0.15, 0.2) is 11.5 Å². The van der Waals surface area contributed by atoms with Gasteiger partial charge in [-0.3, -0.25) is 0 Å². The first-order valence-electron chi connectivity index (χ1n) is 8.14. The van der Waals surface area contributed by atoms with Gasteiger partial charge in [0, 0.05) is 13.7 Å². The zero-order valence-electron chi connectivity index (χ0n) is 13.7. The first-order valence-corrected chi connectivity index (χ1v) is 8.14. The topological polar surface area (TPSA) is 60.0 Å². The first kappa shape index (κ1) is 15.9. The lowest BCUT2D eigenvalue weighted by molar-refractivity contribution is 0.156. The summed E-state index contributed by atoms with van der Waals surface area (Å²) in [6, 6.07) is 6.01. The Morgan fingerprint density at radius 1 is 1.39 bits per heavy atom. The van der Waals surface area contributed by atoms with Crippen LogP contribution in [0.1, 0.15) is 31.4 Å². The van der Waals surface area contributed by atoms with Crippen LogP contribution in [0.15, 0.2) is 18.2 Å². The number of fused-ring (bicyclic) bond motifs is 1. The number of hydrogen-bond donors (Lipinski definition) is 1. The second-order valence-corrected chi connectivity index (χ2v) is 6.06. The average Bonchev–Trinajstić information content (AvgIpc) is 3.04. The lowest BCUT2D eigenvalue weighted by Gasteiger charge is -2.28. The summed E-state index contributed by atoms with van der Waals surface area (Å²) in [5, 5.41) is 2.99. The Morgan fingerprint density at radius 3 is 2.96 bits per heavy atom. The normalized spacial score (nSPS) is 21.1. The lowest BCUT2D eigenvalue weighted by atomic mass is 10.0. The predicted octanol–water partition coefficient (Wildman–Crippen LogP) is 2.34. The first-order chi connectivity index (χ1) is 11.2. The molecule has 6 heteroatoms. The quantitative estimate of drug-likeness (QED) is 0.925. The van der Waals surface area contributed by atoms with Crippen molar-refractivity contribution in [3.8, 4) is 11.5 Å². The van der Waals surface area contributed by atoms with Gasteiger partial charge < -0.3 is 24.4 Å². The van der Waals surface area contributed by atoms with Gasteiger partial charge in [-0.2, -0.15) is 0 Å². The molecule has 23 heavy (non-hydrogen) atoms. The van der Waals surface area contributed by atoms with Crippen LogP contribution < -0.4 is 14.8 Å². The van der Waals surface area contributed by atoms with Gasteiger partial charge in [0.05, 0.1) is 18.7 Å². The number of nitrogens with one attached hydrogen (secondary N) is 1. The van der Waals surface area contributed by atoms with Crippen molar-refractivity contribution in [1.29, 1.82) is 0 Å². The second-order valence-electron chi connectivity index (χ2n) is 6.06. The Balaban J connectivity index is 1.72. The van der Waals surface area contributed by atoms with Crippen molar-refractivity contribution in [2.45, 2.75) is 31.8 Å². The minimum atomic E-state index is -0.0352. The molecule has 1 fully saturated rings. The molecule has 1 aromatic carbocycles. The van der Waals surface area contributed by atoms with Crippen LogP contribution >= 0.6 is 0 Å². The third-order valence-corrected chi connectivity index (χ3v) is 4.25. The Bertz CT molecular complexity index is 564. The molecule has 2 aliphatic rings. The predicted molar refractivity (Wildman–Crippen MR) is 86.0 cm³/mol. The molecule has 0 aliphatic carbocycles. The summed E-state index contributed by atoms with van der Waals surface area (Å²) in [6.45, 7) is 4.37. The number of rotatable bonds is 4. The number of carbonyl (C=O) groups excluding carboxylic acids is 1. The van der Waals surface area contributed by atoms with Gasteiger partial charge in [0.25, 0.3) is 0 Å². The van der Waals surface area contributed by atoms with Gasteiger partial charge in [-0.05, 0) is 37.5 Å². The van der Waals surface area contributed by atoms with Crippen molar-refractivity contribution in [3.63, 3.8) is 0 Å². The molecule has 1 aromatic rings. The maximum atomic E-state index is 12.5. The van der Waals surface area contributed by atoms with E-state index < -0.39 is 0 Å². The highest BCUT2D eigenvalue weighted by atomic mass is 16.6. The fourth-order valence-electron chi connectivity index (χ4n) is 3.21. The van der Waals surface area contributed by atoms with Gasteiger partial charge >= 0.3 is 6.03 Å². The molecular weight excluding hydrogens is 296 g/mol. The van der Waals surface area contributed by atoms with Crippen LogP contribution in [0.4, 0.5) is 4.79 Å². The number of ether oxygens (including phenoxy) is 3. The van der Waals surface area contributed by atoms with Gasteiger partial charge in [0.1, 0.15) is 13.2 Å². The van der Waals surface area contributed by atoms with Crippen molar-refractivity contribution >= 4 is 6.03 Å². The molecule has 3 rings (SSSR count). The van der Waals surface area contributed by atoms with E-state index in [-0.39, 0.29) is 18.1 Å². The minimum Gasteiger partial charge on any atom is -0.486 e. The summed E-state index contributed by atoms with van der Waals surface area (Å²) in [6.07, 6.45) is 1.97. The van der Waals surface area contributed by atoms with E-state index in [2.05, 4.69) is 5.32 Å². The molecule has 0 spiro atoms. The largest absolute Gasteiger partial charge is 0.486 e. The molecule has 2 heterocycles. The number of likely N-dealkylation sites (tertiary alicyclic amines) is 1. The Morgan fingerprint density at radius 2 is 2.17 bits per heavy atom. The monoisotopic (exact) mass is 320 g/mol. The number of carbonyl (C=O) groups is 1. The number of hydrogen-bond acceptors (Lipinski definition) is 4. The molecule has 0 aromatic heterocycles. The van der Waals surface area contributed by atoms with Crippen LogP contribution in [0.2, 0.25) is 0 Å². The van der Waals surface area contributed by atoms with Crippen molar-refractivity contribution in [2.75, 3.05) is 33.5 Å². The molecule has 1 saturated heterocycles. The summed E-state index contributed by atoms with van der Waals surface area (Å²) in [5.74, 6) is 1.55. The van der Waals surface area contributed by atoms with Crippen molar-refractivity contribution in [1.82, 2.24) is 10.2 Å². The van der Waals surface area contributed by atoms with E-state index in [0.29, 0.717) is 19.8 Å². The number of urea groups is 1. The van der Waals surface area contributed by atoms with E-state index in [9.17, 15) is 4.79 Å². The number of benzene rings is 1. The van der Waals surface area contributed by atoms with Crippen LogP contribution in [0.5, 0.6) is 11.5 Å². The Labute approximate surface area is 136 Å². The highest BCUT2D eigenvalue weighted by Crippen LogP contribution is 2.38. The minimum absolute atomic E-state index is 0.00554. The van der Waals surface area contributed by atoms with E-state index in [1.807, 2.05) is 30.0 Å². The summed E-state index contributed by atoms with van der Waals surface area (Å²) in [4.78, 5) is 14.4. The van der Waals surface area contributed by atoms with Gasteiger partial charge in [0.2, 0.25) is 0 Å². The zero-order chi connectivity index (χ0) is 16.2. The highest BCUT2D eigenvalue weighted by molar-refractivity contribution is 5.75. The van der Waals surface area contributed by atoms with E-state index in [4.69, 9.17) is 14.2 Å². The summed E-state index contributed by atoms with van der Waals surface area (Å²) >= 11 is 0. The van der Waals surface area contributed by atoms with Crippen molar-refractivity contribution in [3.05, 3.63) is 23.8 Å². The van der Waals surface area contributed by atoms with Gasteiger partial charge in [-0.15, -0.1) is 0 Å². The molecule has 0 unspecified atom stereocenters. The second kappa shape index (κ2) is 7.08. The summed E-state index contributed by atoms with van der Waals surface area (Å²) in [7, 11) is 1.64. The van der Waals surface area contributed by atoms with Crippen molar-refractivity contribution < 1.29 is 19.0 Å². The molecule has 2 atom stereocenters. The Hall–Kier alpha value is -1.95. The highest BCUT2D eigenvalue weighted by Gasteiger charge is 2.31. The molecule has 2 aliphatic heterocycles. The molecule has 0 radical (unpaired) electrons. The van der Waals surface area contributed by atoms with E-state index in [1.54, 1.807) is 7.11 Å². The maximum absolute atomic E-state index is 12.5. The van der Waals surface area contributed by atoms with Crippen LogP contribution in [-0.4, -0.2) is 50.4 Å². The number of methoxy groups -OCH3 is 1. The fraction of sp³-hybridized carbons (Fsp3) is 0.588. The third kappa shape index (κ3) is 3.52. The van der Waals surface area contributed by atoms with Crippen LogP contribution in [0, 0.1) is 0 Å². The fourth-order valence-corrected chi connectivity index (χ4v) is 3.21. The molecule has 0 bridgehead atoms. The van der Waals surface area contributed by atoms with E-state index in [1.165, 1.54) is 0 Å². The van der Waals surface area contributed by atoms with E-state index >= 15 is 0 Å². The molecule has 6 nitrogen and oxygen atoms in total. The number of nitrogens with zero attached hydrogens (tertiary/aromatic N) is 1. The average molecular weight is 320 g/mol. The molecular formula is C17H24N2O4. The molecule has 126 valence electrons. The molecule has 2 amide bonds. The SMILES string of the molecule is COC[C@@H](C)NC(=O)N1CCC[C@H]1c1ccc2c(c1)OCCO2. The smallest absolute Gasteiger partial charge is 0.318 e. The molecule has 1 N–H and O–H groups in total. The summed E-state index contributed by atoms with van der Waals surface area (Å²) in [5.41, 5.74) is 1.10. The third-order valence-electron chi connectivity index (χ3n) is 4.25. The zero-order valence-corrected chi connectivity index (χ0v) is 13.7. The van der Waals surface area contributed by atoms with E-state index in [0.717, 1.165) is 36.4 Å². The number of amides is 2. The molecule has 0 saturated carbocycles.